The van der Waals surface area contributed by atoms with Gasteiger partial charge in [-0.25, -0.2) is 0 Å². The van der Waals surface area contributed by atoms with E-state index in [1.165, 1.54) is 18.9 Å². The van der Waals surface area contributed by atoms with Crippen LogP contribution in [0.15, 0.2) is 18.7 Å². The molecule has 1 N–H and O–H groups in total. The number of carbonyl (C=O) groups excluding carboxylic acids is 2. The smallest absolute Gasteiger partial charge is 0.274 e. The van der Waals surface area contributed by atoms with Crippen molar-refractivity contribution in [1.29, 1.82) is 0 Å². The minimum Gasteiger partial charge on any atom is -0.348 e. The number of hydrogen-bond donors (Lipinski definition) is 1. The molecule has 24 heavy (non-hydrogen) atoms. The number of piperidine rings is 1. The first-order valence-electron chi connectivity index (χ1n) is 8.78. The minimum absolute atomic E-state index is 0.0122. The van der Waals surface area contributed by atoms with Crippen LogP contribution in [0.3, 0.4) is 0 Å². The van der Waals surface area contributed by atoms with Gasteiger partial charge in [-0.1, -0.05) is 6.58 Å². The number of likely N-dealkylation sites (tertiary alicyclic amines) is 1. The van der Waals surface area contributed by atoms with Gasteiger partial charge in [0.1, 0.15) is 0 Å². The lowest BCUT2D eigenvalue weighted by atomic mass is 10.1. The lowest BCUT2D eigenvalue weighted by Gasteiger charge is -2.32. The van der Waals surface area contributed by atoms with Crippen molar-refractivity contribution >= 4 is 11.8 Å². The molecule has 2 fully saturated rings. The molecule has 6 heteroatoms. The maximum atomic E-state index is 12.8. The Morgan fingerprint density at radius 2 is 2.17 bits per heavy atom. The van der Waals surface area contributed by atoms with E-state index in [9.17, 15) is 9.59 Å². The van der Waals surface area contributed by atoms with E-state index < -0.39 is 0 Å². The molecular weight excluding hydrogens is 304 g/mol. The molecule has 1 saturated heterocycles. The topological polar surface area (TPSA) is 67.2 Å². The van der Waals surface area contributed by atoms with Gasteiger partial charge in [0.15, 0.2) is 5.69 Å². The summed E-state index contributed by atoms with van der Waals surface area (Å²) >= 11 is 0. The first-order chi connectivity index (χ1) is 11.5. The highest BCUT2D eigenvalue weighted by Crippen LogP contribution is 2.39. The zero-order chi connectivity index (χ0) is 17.3. The molecule has 6 nitrogen and oxygen atoms in total. The van der Waals surface area contributed by atoms with Gasteiger partial charge >= 0.3 is 0 Å². The van der Waals surface area contributed by atoms with Gasteiger partial charge in [-0.2, -0.15) is 5.10 Å². The van der Waals surface area contributed by atoms with E-state index in [1.807, 2.05) is 17.7 Å². The molecule has 1 aromatic rings. The van der Waals surface area contributed by atoms with Crippen LogP contribution in [-0.2, 0) is 4.79 Å². The van der Waals surface area contributed by atoms with Crippen LogP contribution in [0.2, 0.25) is 0 Å². The molecule has 1 aliphatic carbocycles. The van der Waals surface area contributed by atoms with Gasteiger partial charge in [0.25, 0.3) is 5.91 Å². The fourth-order valence-electron chi connectivity index (χ4n) is 3.48. The Kier molecular flexibility index (Phi) is 4.73. The number of rotatable bonds is 5. The predicted octanol–water partition coefficient (Wildman–Crippen LogP) is 2.07. The SMILES string of the molecule is C=CC(=O)N[C@@H]1CCCN(C(=O)c2cc(C)n(C(C)C3CC3)n2)C1. The Hall–Kier alpha value is -2.11. The Balaban J connectivity index is 1.68. The summed E-state index contributed by atoms with van der Waals surface area (Å²) in [7, 11) is 0. The fourth-order valence-corrected chi connectivity index (χ4v) is 3.48. The first kappa shape index (κ1) is 16.7. The van der Waals surface area contributed by atoms with Crippen molar-refractivity contribution in [2.24, 2.45) is 5.92 Å². The van der Waals surface area contributed by atoms with Crippen LogP contribution in [0.5, 0.6) is 0 Å². The van der Waals surface area contributed by atoms with Gasteiger partial charge in [0.2, 0.25) is 5.91 Å². The van der Waals surface area contributed by atoms with E-state index in [-0.39, 0.29) is 17.9 Å². The van der Waals surface area contributed by atoms with Crippen LogP contribution < -0.4 is 5.32 Å². The average Bonchev–Trinajstić information content (AvgIpc) is 3.36. The molecule has 2 amide bonds. The van der Waals surface area contributed by atoms with Gasteiger partial charge in [-0.15, -0.1) is 0 Å². The van der Waals surface area contributed by atoms with Crippen LogP contribution in [0.1, 0.15) is 54.8 Å². The lowest BCUT2D eigenvalue weighted by molar-refractivity contribution is -0.117. The highest BCUT2D eigenvalue weighted by Gasteiger charge is 2.32. The Bertz CT molecular complexity index is 647. The van der Waals surface area contributed by atoms with Crippen molar-refractivity contribution in [2.75, 3.05) is 13.1 Å². The van der Waals surface area contributed by atoms with Crippen molar-refractivity contribution in [3.8, 4) is 0 Å². The monoisotopic (exact) mass is 330 g/mol. The van der Waals surface area contributed by atoms with Crippen molar-refractivity contribution in [1.82, 2.24) is 20.0 Å². The first-order valence-corrected chi connectivity index (χ1v) is 8.78. The number of aryl methyl sites for hydroxylation is 1. The van der Waals surface area contributed by atoms with Crippen molar-refractivity contribution < 1.29 is 9.59 Å². The zero-order valence-electron chi connectivity index (χ0n) is 14.5. The van der Waals surface area contributed by atoms with E-state index in [2.05, 4.69) is 23.9 Å². The molecule has 3 rings (SSSR count). The highest BCUT2D eigenvalue weighted by atomic mass is 16.2. The minimum atomic E-state index is -0.187. The maximum absolute atomic E-state index is 12.8. The number of hydrogen-bond acceptors (Lipinski definition) is 3. The van der Waals surface area contributed by atoms with Crippen molar-refractivity contribution in [3.05, 3.63) is 30.1 Å². The summed E-state index contributed by atoms with van der Waals surface area (Å²) in [5, 5.41) is 7.46. The number of carbonyl (C=O) groups is 2. The van der Waals surface area contributed by atoms with E-state index in [4.69, 9.17) is 0 Å². The Morgan fingerprint density at radius 3 is 2.83 bits per heavy atom. The van der Waals surface area contributed by atoms with Crippen LogP contribution in [0, 0.1) is 12.8 Å². The van der Waals surface area contributed by atoms with Crippen LogP contribution in [-0.4, -0.2) is 45.6 Å². The Labute approximate surface area is 142 Å². The second-order valence-corrected chi connectivity index (χ2v) is 7.00. The molecular formula is C18H26N4O2. The standard InChI is InChI=1S/C18H26N4O2/c1-4-17(23)19-15-6-5-9-21(11-15)18(24)16-10-12(2)22(20-16)13(3)14-7-8-14/h4,10,13-15H,1,5-9,11H2,2-3H3,(H,19,23)/t13?,15-/m1/s1. The van der Waals surface area contributed by atoms with Gasteiger partial charge in [-0.05, 0) is 57.6 Å². The third-order valence-corrected chi connectivity index (χ3v) is 5.07. The summed E-state index contributed by atoms with van der Waals surface area (Å²) in [4.78, 5) is 26.1. The number of aromatic nitrogens is 2. The van der Waals surface area contributed by atoms with Crippen LogP contribution >= 0.6 is 0 Å². The predicted molar refractivity (Wildman–Crippen MR) is 91.7 cm³/mol. The normalized spacial score (nSPS) is 22.1. The van der Waals surface area contributed by atoms with E-state index in [0.29, 0.717) is 30.7 Å². The molecule has 2 aliphatic rings. The number of nitrogens with zero attached hydrogens (tertiary/aromatic N) is 3. The summed E-state index contributed by atoms with van der Waals surface area (Å²) in [5.74, 6) is 0.463. The molecule has 1 aromatic heterocycles. The van der Waals surface area contributed by atoms with E-state index >= 15 is 0 Å². The third kappa shape index (κ3) is 3.52. The molecule has 0 aromatic carbocycles. The van der Waals surface area contributed by atoms with Gasteiger partial charge in [-0.3, -0.25) is 14.3 Å². The third-order valence-electron chi connectivity index (χ3n) is 5.07. The molecule has 0 spiro atoms. The van der Waals surface area contributed by atoms with Crippen LogP contribution in [0.25, 0.3) is 0 Å². The zero-order valence-corrected chi connectivity index (χ0v) is 14.5. The summed E-state index contributed by atoms with van der Waals surface area (Å²) in [6.45, 7) is 8.89. The largest absolute Gasteiger partial charge is 0.348 e. The molecule has 2 atom stereocenters. The Morgan fingerprint density at radius 1 is 1.42 bits per heavy atom. The second-order valence-electron chi connectivity index (χ2n) is 7.00. The average molecular weight is 330 g/mol. The molecule has 0 bridgehead atoms. The quantitative estimate of drug-likeness (QED) is 0.841. The summed E-state index contributed by atoms with van der Waals surface area (Å²) in [6, 6.07) is 2.22. The number of nitrogens with one attached hydrogen (secondary N) is 1. The molecule has 1 aliphatic heterocycles. The van der Waals surface area contributed by atoms with Gasteiger partial charge in [0, 0.05) is 24.8 Å². The van der Waals surface area contributed by atoms with Gasteiger partial charge in [0.05, 0.1) is 6.04 Å². The van der Waals surface area contributed by atoms with Crippen molar-refractivity contribution in [3.63, 3.8) is 0 Å². The molecule has 0 radical (unpaired) electrons. The maximum Gasteiger partial charge on any atom is 0.274 e. The summed E-state index contributed by atoms with van der Waals surface area (Å²) in [6.07, 6.45) is 5.54. The highest BCUT2D eigenvalue weighted by molar-refractivity contribution is 5.92. The summed E-state index contributed by atoms with van der Waals surface area (Å²) in [5.41, 5.74) is 1.54. The number of amides is 2. The van der Waals surface area contributed by atoms with Gasteiger partial charge < -0.3 is 10.2 Å². The lowest BCUT2D eigenvalue weighted by Crippen LogP contribution is -2.49. The van der Waals surface area contributed by atoms with E-state index in [0.717, 1.165) is 18.5 Å². The summed E-state index contributed by atoms with van der Waals surface area (Å²) < 4.78 is 1.99. The molecule has 2 heterocycles. The van der Waals surface area contributed by atoms with Crippen LogP contribution in [0.4, 0.5) is 0 Å². The fraction of sp³-hybridized carbons (Fsp3) is 0.611. The second kappa shape index (κ2) is 6.79. The van der Waals surface area contributed by atoms with E-state index in [1.54, 1.807) is 4.90 Å². The molecule has 1 unspecified atom stereocenters. The molecule has 130 valence electrons. The molecule has 1 saturated carbocycles. The van der Waals surface area contributed by atoms with Crippen molar-refractivity contribution in [2.45, 2.75) is 51.6 Å².